The number of thioether (sulfide) groups is 1. The first-order chi connectivity index (χ1) is 16.5. The quantitative estimate of drug-likeness (QED) is 0.293. The van der Waals surface area contributed by atoms with E-state index in [-0.39, 0.29) is 28.7 Å². The van der Waals surface area contributed by atoms with E-state index in [9.17, 15) is 10.1 Å². The molecule has 0 fully saturated rings. The second-order valence-corrected chi connectivity index (χ2v) is 7.99. The van der Waals surface area contributed by atoms with Gasteiger partial charge < -0.3 is 24.2 Å². The Bertz CT molecular complexity index is 1390. The van der Waals surface area contributed by atoms with Gasteiger partial charge in [-0.05, 0) is 19.4 Å². The van der Waals surface area contributed by atoms with Crippen LogP contribution in [0.3, 0.4) is 0 Å². The summed E-state index contributed by atoms with van der Waals surface area (Å²) in [5.74, 6) is 0.0587. The van der Waals surface area contributed by atoms with Crippen molar-refractivity contribution >= 4 is 34.5 Å². The van der Waals surface area contributed by atoms with E-state index in [1.165, 1.54) is 0 Å². The first-order valence-electron chi connectivity index (χ1n) is 10.5. The number of aryl methyl sites for hydroxylation is 1. The van der Waals surface area contributed by atoms with Gasteiger partial charge in [-0.3, -0.25) is 4.79 Å². The number of hydrogen-bond donors (Lipinski definition) is 1. The largest absolute Gasteiger partial charge is 0.477 e. The summed E-state index contributed by atoms with van der Waals surface area (Å²) >= 11 is 1.07. The molecule has 0 aliphatic carbocycles. The number of aromatic nitrogens is 4. The Balaban J connectivity index is 1.88. The molecule has 0 saturated heterocycles. The van der Waals surface area contributed by atoms with Crippen LogP contribution >= 0.6 is 11.8 Å². The van der Waals surface area contributed by atoms with Crippen LogP contribution in [0.15, 0.2) is 40.0 Å². The van der Waals surface area contributed by atoms with Crippen molar-refractivity contribution in [2.24, 2.45) is 7.05 Å². The summed E-state index contributed by atoms with van der Waals surface area (Å²) in [6.07, 6.45) is 0. The number of esters is 1. The van der Waals surface area contributed by atoms with Crippen LogP contribution in [0.4, 0.5) is 5.69 Å². The second-order valence-electron chi connectivity index (χ2n) is 7.06. The molecule has 0 amide bonds. The number of pyridine rings is 1. The predicted molar refractivity (Wildman–Crippen MR) is 127 cm³/mol. The number of nitrogens with zero attached hydrogens (tertiary/aromatic N) is 5. The average Bonchev–Trinajstić information content (AvgIpc) is 3.40. The van der Waals surface area contributed by atoms with Gasteiger partial charge in [-0.2, -0.15) is 10.2 Å². The number of carbonyl (C=O) groups excluding carboxylic acids is 1. The standard InChI is InChI=1S/C23H22N6O4S/c1-4-31-15(30)12-34-23-28-27-22(33-23)19-18(25)17-16(13-9-7-6-8-10-13)14(11-24)21(32-5-2)26-20(17)29(19)3/h6-10H,4-5,12,25H2,1-3H3. The molecule has 34 heavy (non-hydrogen) atoms. The van der Waals surface area contributed by atoms with Crippen molar-refractivity contribution in [2.75, 3.05) is 24.7 Å². The van der Waals surface area contributed by atoms with E-state index < -0.39 is 0 Å². The van der Waals surface area contributed by atoms with E-state index >= 15 is 0 Å². The number of rotatable bonds is 8. The number of ether oxygens (including phenoxy) is 2. The van der Waals surface area contributed by atoms with Gasteiger partial charge in [0, 0.05) is 12.6 Å². The molecule has 0 saturated carbocycles. The number of benzene rings is 1. The summed E-state index contributed by atoms with van der Waals surface area (Å²) < 4.78 is 18.1. The van der Waals surface area contributed by atoms with Gasteiger partial charge in [-0.25, -0.2) is 0 Å². The lowest BCUT2D eigenvalue weighted by Crippen LogP contribution is -2.06. The third kappa shape index (κ3) is 4.15. The Hall–Kier alpha value is -4.04. The molecule has 0 unspecified atom stereocenters. The minimum Gasteiger partial charge on any atom is -0.477 e. The van der Waals surface area contributed by atoms with Crippen molar-refractivity contribution in [1.29, 1.82) is 5.26 Å². The minimum absolute atomic E-state index is 0.0447. The molecule has 0 aliphatic heterocycles. The summed E-state index contributed by atoms with van der Waals surface area (Å²) in [7, 11) is 1.77. The zero-order valence-electron chi connectivity index (χ0n) is 18.9. The summed E-state index contributed by atoms with van der Waals surface area (Å²) in [6.45, 7) is 4.21. The molecule has 2 N–H and O–H groups in total. The Kier molecular flexibility index (Phi) is 6.70. The van der Waals surface area contributed by atoms with E-state index in [2.05, 4.69) is 21.3 Å². The SMILES string of the molecule is CCOC(=O)CSc1nnc(-c2c(N)c3c(-c4ccccc4)c(C#N)c(OCC)nc3n2C)o1. The first-order valence-corrected chi connectivity index (χ1v) is 11.5. The van der Waals surface area contributed by atoms with Crippen LogP contribution in [0.5, 0.6) is 5.88 Å². The fourth-order valence-electron chi connectivity index (χ4n) is 3.64. The Labute approximate surface area is 199 Å². The maximum atomic E-state index is 11.6. The molecule has 3 aromatic heterocycles. The highest BCUT2D eigenvalue weighted by atomic mass is 32.2. The molecule has 10 nitrogen and oxygen atoms in total. The van der Waals surface area contributed by atoms with Crippen molar-refractivity contribution in [1.82, 2.24) is 19.7 Å². The monoisotopic (exact) mass is 478 g/mol. The van der Waals surface area contributed by atoms with Gasteiger partial charge in [0.1, 0.15) is 28.7 Å². The maximum Gasteiger partial charge on any atom is 0.316 e. The lowest BCUT2D eigenvalue weighted by Gasteiger charge is -2.12. The van der Waals surface area contributed by atoms with Gasteiger partial charge in [0.05, 0.1) is 24.3 Å². The number of nitrogens with two attached hydrogens (primary N) is 1. The summed E-state index contributed by atoms with van der Waals surface area (Å²) in [5, 5.41) is 18.9. The molecule has 0 radical (unpaired) electrons. The topological polar surface area (TPSA) is 142 Å². The number of nitriles is 1. The third-order valence-electron chi connectivity index (χ3n) is 5.01. The second kappa shape index (κ2) is 9.84. The number of fused-ring (bicyclic) bond motifs is 1. The van der Waals surface area contributed by atoms with Crippen LogP contribution in [0.2, 0.25) is 0 Å². The highest BCUT2D eigenvalue weighted by Gasteiger charge is 2.27. The lowest BCUT2D eigenvalue weighted by atomic mass is 9.97. The number of anilines is 1. The van der Waals surface area contributed by atoms with Crippen LogP contribution in [0.25, 0.3) is 33.7 Å². The first kappa shape index (κ1) is 23.1. The van der Waals surface area contributed by atoms with Gasteiger partial charge in [-0.1, -0.05) is 42.1 Å². The molecule has 0 atom stereocenters. The highest BCUT2D eigenvalue weighted by Crippen LogP contribution is 2.43. The van der Waals surface area contributed by atoms with Crippen molar-refractivity contribution in [2.45, 2.75) is 19.1 Å². The zero-order chi connectivity index (χ0) is 24.2. The third-order valence-corrected chi connectivity index (χ3v) is 5.80. The highest BCUT2D eigenvalue weighted by molar-refractivity contribution is 7.99. The Morgan fingerprint density at radius 2 is 2.00 bits per heavy atom. The average molecular weight is 479 g/mol. The molecule has 1 aromatic carbocycles. The molecule has 0 aliphatic rings. The van der Waals surface area contributed by atoms with E-state index in [0.29, 0.717) is 46.8 Å². The Morgan fingerprint density at radius 1 is 1.24 bits per heavy atom. The zero-order valence-corrected chi connectivity index (χ0v) is 19.7. The molecular formula is C23H22N6O4S. The molecule has 4 aromatic rings. The number of hydrogen-bond acceptors (Lipinski definition) is 10. The van der Waals surface area contributed by atoms with Crippen molar-refractivity contribution in [3.63, 3.8) is 0 Å². The molecule has 4 rings (SSSR count). The maximum absolute atomic E-state index is 11.6. The molecule has 0 bridgehead atoms. The van der Waals surface area contributed by atoms with Crippen LogP contribution in [0.1, 0.15) is 19.4 Å². The molecule has 0 spiro atoms. The minimum atomic E-state index is -0.374. The molecule has 174 valence electrons. The lowest BCUT2D eigenvalue weighted by molar-refractivity contribution is -0.139. The fourth-order valence-corrected chi connectivity index (χ4v) is 4.20. The normalized spacial score (nSPS) is 10.9. The summed E-state index contributed by atoms with van der Waals surface area (Å²) in [6, 6.07) is 11.7. The van der Waals surface area contributed by atoms with E-state index in [1.807, 2.05) is 37.3 Å². The van der Waals surface area contributed by atoms with Crippen LogP contribution < -0.4 is 10.5 Å². The van der Waals surface area contributed by atoms with Gasteiger partial charge in [-0.15, -0.1) is 10.2 Å². The van der Waals surface area contributed by atoms with Crippen molar-refractivity contribution < 1.29 is 18.7 Å². The van der Waals surface area contributed by atoms with Crippen molar-refractivity contribution in [3.05, 3.63) is 35.9 Å². The van der Waals surface area contributed by atoms with E-state index in [4.69, 9.17) is 19.6 Å². The van der Waals surface area contributed by atoms with Gasteiger partial charge in [0.15, 0.2) is 0 Å². The summed E-state index contributed by atoms with van der Waals surface area (Å²) in [5.41, 5.74) is 9.62. The van der Waals surface area contributed by atoms with Gasteiger partial charge in [0.2, 0.25) is 5.88 Å². The van der Waals surface area contributed by atoms with Crippen LogP contribution in [-0.4, -0.2) is 44.7 Å². The number of carbonyl (C=O) groups is 1. The smallest absolute Gasteiger partial charge is 0.316 e. The van der Waals surface area contributed by atoms with Crippen molar-refractivity contribution in [3.8, 4) is 34.7 Å². The van der Waals surface area contributed by atoms with Gasteiger partial charge >= 0.3 is 5.97 Å². The predicted octanol–water partition coefficient (Wildman–Crippen LogP) is 3.80. The molecule has 3 heterocycles. The summed E-state index contributed by atoms with van der Waals surface area (Å²) in [4.78, 5) is 16.2. The number of nitrogen functional groups attached to an aromatic ring is 1. The Morgan fingerprint density at radius 3 is 2.68 bits per heavy atom. The van der Waals surface area contributed by atoms with Crippen LogP contribution in [-0.2, 0) is 16.6 Å². The van der Waals surface area contributed by atoms with Gasteiger partial charge in [0.25, 0.3) is 11.1 Å². The van der Waals surface area contributed by atoms with E-state index in [1.54, 1.807) is 18.5 Å². The fraction of sp³-hybridized carbons (Fsp3) is 0.261. The van der Waals surface area contributed by atoms with Crippen LogP contribution in [0, 0.1) is 11.3 Å². The molecule has 11 heteroatoms. The molecular weight excluding hydrogens is 456 g/mol. The van der Waals surface area contributed by atoms with E-state index in [0.717, 1.165) is 17.3 Å².